The molecule has 4 rings (SSSR count). The third kappa shape index (κ3) is 3.36. The van der Waals surface area contributed by atoms with Crippen LogP contribution >= 0.6 is 0 Å². The Labute approximate surface area is 160 Å². The zero-order chi connectivity index (χ0) is 18.7. The van der Waals surface area contributed by atoms with Gasteiger partial charge in [-0.15, -0.1) is 0 Å². The normalized spacial score (nSPS) is 25.5. The predicted octanol–water partition coefficient (Wildman–Crippen LogP) is 4.20. The summed E-state index contributed by atoms with van der Waals surface area (Å²) in [4.78, 5) is 18.4. The highest BCUT2D eigenvalue weighted by atomic mass is 16.5. The standard InChI is InChI=1S/C23H26N2O2/c1-17-23(19-13-7-3-8-14-19,22(26)24-20-15-9-4-10-16-20)25-21(27-17)18-11-5-2-6-12-18/h2-3,5-8,11-14,17,20H,4,9-10,15-16H2,1H3,(H,24,26)/t17?,23-/m0/s1. The Bertz CT molecular complexity index is 813. The number of carbonyl (C=O) groups is 1. The minimum atomic E-state index is -1.05. The van der Waals surface area contributed by atoms with Crippen molar-refractivity contribution >= 4 is 11.8 Å². The summed E-state index contributed by atoms with van der Waals surface area (Å²) in [7, 11) is 0. The van der Waals surface area contributed by atoms with E-state index in [9.17, 15) is 4.79 Å². The van der Waals surface area contributed by atoms with Gasteiger partial charge in [-0.3, -0.25) is 4.79 Å². The average molecular weight is 362 g/mol. The summed E-state index contributed by atoms with van der Waals surface area (Å²) >= 11 is 0. The Kier molecular flexibility index (Phi) is 4.97. The van der Waals surface area contributed by atoms with Crippen molar-refractivity contribution < 1.29 is 9.53 Å². The van der Waals surface area contributed by atoms with E-state index < -0.39 is 5.54 Å². The van der Waals surface area contributed by atoms with Crippen molar-refractivity contribution in [2.75, 3.05) is 0 Å². The molecule has 140 valence electrons. The molecule has 1 unspecified atom stereocenters. The number of ether oxygens (including phenoxy) is 1. The molecule has 0 spiro atoms. The number of hydrogen-bond acceptors (Lipinski definition) is 3. The molecule has 1 heterocycles. The second-order valence-electron chi connectivity index (χ2n) is 7.48. The van der Waals surface area contributed by atoms with Gasteiger partial charge in [-0.2, -0.15) is 0 Å². The SMILES string of the molecule is CC1OC(c2ccccc2)=N[C@]1(C(=O)NC1CCCCC1)c1ccccc1. The highest BCUT2D eigenvalue weighted by molar-refractivity contribution is 6.01. The fourth-order valence-corrected chi connectivity index (χ4v) is 4.14. The van der Waals surface area contributed by atoms with Crippen molar-refractivity contribution in [2.45, 2.75) is 56.7 Å². The first-order valence-electron chi connectivity index (χ1n) is 9.88. The maximum atomic E-state index is 13.5. The molecule has 2 aromatic rings. The molecule has 1 aliphatic carbocycles. The number of nitrogens with zero attached hydrogens (tertiary/aromatic N) is 1. The van der Waals surface area contributed by atoms with Crippen molar-refractivity contribution in [3.05, 3.63) is 71.8 Å². The summed E-state index contributed by atoms with van der Waals surface area (Å²) in [6, 6.07) is 19.8. The van der Waals surface area contributed by atoms with Gasteiger partial charge in [0.15, 0.2) is 0 Å². The predicted molar refractivity (Wildman–Crippen MR) is 107 cm³/mol. The Morgan fingerprint density at radius 1 is 1.00 bits per heavy atom. The van der Waals surface area contributed by atoms with Gasteiger partial charge in [0.05, 0.1) is 0 Å². The summed E-state index contributed by atoms with van der Waals surface area (Å²) in [5.74, 6) is 0.477. The summed E-state index contributed by atoms with van der Waals surface area (Å²) in [5, 5.41) is 3.28. The topological polar surface area (TPSA) is 50.7 Å². The molecule has 0 aromatic heterocycles. The van der Waals surface area contributed by atoms with Crippen LogP contribution in [-0.2, 0) is 15.1 Å². The minimum Gasteiger partial charge on any atom is -0.471 e. The van der Waals surface area contributed by atoms with Gasteiger partial charge >= 0.3 is 0 Å². The second kappa shape index (κ2) is 7.55. The maximum Gasteiger partial charge on any atom is 0.256 e. The third-order valence-electron chi connectivity index (χ3n) is 5.68. The van der Waals surface area contributed by atoms with Crippen LogP contribution in [0.25, 0.3) is 0 Å². The number of benzene rings is 2. The van der Waals surface area contributed by atoms with E-state index in [1.54, 1.807) is 0 Å². The molecule has 2 aliphatic rings. The molecular formula is C23H26N2O2. The van der Waals surface area contributed by atoms with Crippen LogP contribution in [0.15, 0.2) is 65.7 Å². The fraction of sp³-hybridized carbons (Fsp3) is 0.391. The highest BCUT2D eigenvalue weighted by Crippen LogP contribution is 2.38. The van der Waals surface area contributed by atoms with Crippen molar-refractivity contribution in [3.63, 3.8) is 0 Å². The lowest BCUT2D eigenvalue weighted by Crippen LogP contribution is -2.51. The molecule has 27 heavy (non-hydrogen) atoms. The summed E-state index contributed by atoms with van der Waals surface area (Å²) < 4.78 is 6.12. The molecule has 4 nitrogen and oxygen atoms in total. The molecule has 0 radical (unpaired) electrons. The van der Waals surface area contributed by atoms with Gasteiger partial charge < -0.3 is 10.1 Å². The van der Waals surface area contributed by atoms with E-state index in [-0.39, 0.29) is 18.1 Å². The second-order valence-corrected chi connectivity index (χ2v) is 7.48. The molecule has 1 fully saturated rings. The number of carbonyl (C=O) groups excluding carboxylic acids is 1. The largest absolute Gasteiger partial charge is 0.471 e. The lowest BCUT2D eigenvalue weighted by Gasteiger charge is -2.32. The number of rotatable bonds is 4. The van der Waals surface area contributed by atoms with E-state index in [0.29, 0.717) is 5.90 Å². The summed E-state index contributed by atoms with van der Waals surface area (Å²) in [6.45, 7) is 1.94. The molecule has 1 N–H and O–H groups in total. The minimum absolute atomic E-state index is 0.0565. The maximum absolute atomic E-state index is 13.5. The first kappa shape index (κ1) is 17.8. The number of aliphatic imine (C=N–C) groups is 1. The van der Waals surface area contributed by atoms with E-state index in [0.717, 1.165) is 24.0 Å². The Morgan fingerprint density at radius 3 is 2.30 bits per heavy atom. The van der Waals surface area contributed by atoms with Gasteiger partial charge in [0, 0.05) is 11.6 Å². The molecule has 2 atom stereocenters. The van der Waals surface area contributed by atoms with Crippen LogP contribution in [0.1, 0.15) is 50.2 Å². The van der Waals surface area contributed by atoms with Crippen LogP contribution in [0, 0.1) is 0 Å². The molecule has 0 saturated heterocycles. The summed E-state index contributed by atoms with van der Waals surface area (Å²) in [6.07, 6.45) is 5.31. The van der Waals surface area contributed by atoms with Crippen molar-refractivity contribution in [3.8, 4) is 0 Å². The fourth-order valence-electron chi connectivity index (χ4n) is 4.14. The van der Waals surface area contributed by atoms with Gasteiger partial charge in [-0.05, 0) is 37.5 Å². The molecular weight excluding hydrogens is 336 g/mol. The molecule has 4 heteroatoms. The Hall–Kier alpha value is -2.62. The third-order valence-corrected chi connectivity index (χ3v) is 5.68. The first-order chi connectivity index (χ1) is 13.2. The number of nitrogens with one attached hydrogen (secondary N) is 1. The first-order valence-corrected chi connectivity index (χ1v) is 9.88. The molecule has 2 aromatic carbocycles. The van der Waals surface area contributed by atoms with Crippen molar-refractivity contribution in [2.24, 2.45) is 4.99 Å². The van der Waals surface area contributed by atoms with E-state index in [1.165, 1.54) is 19.3 Å². The lowest BCUT2D eigenvalue weighted by atomic mass is 9.84. The van der Waals surface area contributed by atoms with Crippen LogP contribution in [0.2, 0.25) is 0 Å². The Balaban J connectivity index is 1.73. The van der Waals surface area contributed by atoms with E-state index in [1.807, 2.05) is 67.6 Å². The monoisotopic (exact) mass is 362 g/mol. The van der Waals surface area contributed by atoms with Gasteiger partial charge in [-0.1, -0.05) is 67.8 Å². The summed E-state index contributed by atoms with van der Waals surface area (Å²) in [5.41, 5.74) is 0.716. The van der Waals surface area contributed by atoms with Crippen LogP contribution in [0.3, 0.4) is 0 Å². The van der Waals surface area contributed by atoms with Crippen LogP contribution in [0.5, 0.6) is 0 Å². The molecule has 0 bridgehead atoms. The molecule has 1 aliphatic heterocycles. The van der Waals surface area contributed by atoms with Gasteiger partial charge in [0.1, 0.15) is 6.10 Å². The van der Waals surface area contributed by atoms with E-state index in [2.05, 4.69) is 5.32 Å². The van der Waals surface area contributed by atoms with Crippen LogP contribution in [0.4, 0.5) is 0 Å². The van der Waals surface area contributed by atoms with Crippen LogP contribution in [-0.4, -0.2) is 24.0 Å². The van der Waals surface area contributed by atoms with E-state index >= 15 is 0 Å². The zero-order valence-electron chi connectivity index (χ0n) is 15.7. The van der Waals surface area contributed by atoms with Gasteiger partial charge in [0.25, 0.3) is 5.91 Å². The van der Waals surface area contributed by atoms with Crippen molar-refractivity contribution in [1.29, 1.82) is 0 Å². The quantitative estimate of drug-likeness (QED) is 0.886. The molecule has 1 amide bonds. The number of amides is 1. The van der Waals surface area contributed by atoms with Gasteiger partial charge in [0.2, 0.25) is 11.4 Å². The van der Waals surface area contributed by atoms with E-state index in [4.69, 9.17) is 9.73 Å². The van der Waals surface area contributed by atoms with Crippen LogP contribution < -0.4 is 5.32 Å². The molecule has 1 saturated carbocycles. The number of hydrogen-bond donors (Lipinski definition) is 1. The van der Waals surface area contributed by atoms with Crippen molar-refractivity contribution in [1.82, 2.24) is 5.32 Å². The average Bonchev–Trinajstić information content (AvgIpc) is 3.08. The lowest BCUT2D eigenvalue weighted by molar-refractivity contribution is -0.129. The highest BCUT2D eigenvalue weighted by Gasteiger charge is 2.52. The smallest absolute Gasteiger partial charge is 0.256 e. The Morgan fingerprint density at radius 2 is 1.63 bits per heavy atom. The zero-order valence-corrected chi connectivity index (χ0v) is 15.7. The van der Waals surface area contributed by atoms with Gasteiger partial charge in [-0.25, -0.2) is 4.99 Å².